The lowest BCUT2D eigenvalue weighted by atomic mass is 10.1. The van der Waals surface area contributed by atoms with E-state index in [0.717, 1.165) is 30.6 Å². The van der Waals surface area contributed by atoms with Gasteiger partial charge in [0.15, 0.2) is 0 Å². The van der Waals surface area contributed by atoms with Crippen LogP contribution in [-0.4, -0.2) is 36.2 Å². The van der Waals surface area contributed by atoms with E-state index in [2.05, 4.69) is 21.7 Å². The predicted molar refractivity (Wildman–Crippen MR) is 105 cm³/mol. The second-order valence-electron chi connectivity index (χ2n) is 7.13. The van der Waals surface area contributed by atoms with Crippen LogP contribution in [0.15, 0.2) is 28.9 Å². The molecule has 2 amide bonds. The summed E-state index contributed by atoms with van der Waals surface area (Å²) in [7, 11) is 1.64. The number of hydrogen-bond acceptors (Lipinski definition) is 6. The Labute approximate surface area is 163 Å². The number of thiazole rings is 1. The van der Waals surface area contributed by atoms with E-state index >= 15 is 0 Å². The van der Waals surface area contributed by atoms with Crippen molar-refractivity contribution in [3.05, 3.63) is 39.6 Å². The zero-order valence-corrected chi connectivity index (χ0v) is 17.1. The number of carbonyl (C=O) groups excluding carboxylic acids is 2. The van der Waals surface area contributed by atoms with Crippen molar-refractivity contribution in [2.45, 2.75) is 52.2 Å². The number of amides is 2. The second kappa shape index (κ2) is 9.55. The summed E-state index contributed by atoms with van der Waals surface area (Å²) in [5, 5.41) is 7.85. The zero-order valence-electron chi connectivity index (χ0n) is 16.3. The lowest BCUT2D eigenvalue weighted by Gasteiger charge is -2.19. The third-order valence-electron chi connectivity index (χ3n) is 3.72. The molecule has 0 radical (unpaired) electrons. The molecule has 1 aromatic heterocycles. The van der Waals surface area contributed by atoms with Crippen molar-refractivity contribution >= 4 is 23.3 Å². The van der Waals surface area contributed by atoms with E-state index in [1.165, 1.54) is 11.3 Å². The Morgan fingerprint density at radius 3 is 2.74 bits per heavy atom. The zero-order chi connectivity index (χ0) is 19.9. The van der Waals surface area contributed by atoms with Crippen molar-refractivity contribution in [1.82, 2.24) is 15.6 Å². The minimum atomic E-state index is -0.555. The minimum absolute atomic E-state index is 0.219. The summed E-state index contributed by atoms with van der Waals surface area (Å²) in [5.41, 5.74) is 0.854. The molecule has 0 bridgehead atoms. The van der Waals surface area contributed by atoms with Gasteiger partial charge in [0.25, 0.3) is 5.91 Å². The third kappa shape index (κ3) is 7.05. The van der Waals surface area contributed by atoms with Gasteiger partial charge in [-0.1, -0.05) is 6.08 Å². The van der Waals surface area contributed by atoms with E-state index in [4.69, 9.17) is 9.47 Å². The molecule has 1 heterocycles. The Morgan fingerprint density at radius 2 is 2.04 bits per heavy atom. The number of aromatic nitrogens is 1. The number of allylic oxidation sites excluding steroid dienone is 2. The molecule has 0 aliphatic heterocycles. The lowest BCUT2D eigenvalue weighted by molar-refractivity contribution is 0.0523. The third-order valence-corrected chi connectivity index (χ3v) is 4.57. The van der Waals surface area contributed by atoms with Gasteiger partial charge in [-0.3, -0.25) is 4.79 Å². The summed E-state index contributed by atoms with van der Waals surface area (Å²) >= 11 is 1.32. The van der Waals surface area contributed by atoms with Crippen LogP contribution < -0.4 is 10.6 Å². The minimum Gasteiger partial charge on any atom is -0.497 e. The average molecular weight is 394 g/mol. The van der Waals surface area contributed by atoms with E-state index < -0.39 is 11.7 Å². The summed E-state index contributed by atoms with van der Waals surface area (Å²) in [5.74, 6) is 0.569. The number of ether oxygens (including phenoxy) is 2. The fourth-order valence-electron chi connectivity index (χ4n) is 2.49. The van der Waals surface area contributed by atoms with Gasteiger partial charge >= 0.3 is 6.09 Å². The van der Waals surface area contributed by atoms with Crippen LogP contribution in [0.2, 0.25) is 0 Å². The Balaban J connectivity index is 1.86. The highest BCUT2D eigenvalue weighted by Gasteiger charge is 2.17. The van der Waals surface area contributed by atoms with Crippen LogP contribution in [0.3, 0.4) is 0 Å². The summed E-state index contributed by atoms with van der Waals surface area (Å²) in [6.45, 7) is 6.04. The molecule has 0 saturated carbocycles. The van der Waals surface area contributed by atoms with Crippen LogP contribution in [0.4, 0.5) is 4.79 Å². The number of rotatable bonds is 6. The molecule has 27 heavy (non-hydrogen) atoms. The van der Waals surface area contributed by atoms with E-state index in [-0.39, 0.29) is 12.5 Å². The van der Waals surface area contributed by atoms with Gasteiger partial charge in [0, 0.05) is 11.9 Å². The van der Waals surface area contributed by atoms with Crippen molar-refractivity contribution < 1.29 is 19.1 Å². The molecular formula is C19H27N3O4S. The number of nitrogens with zero attached hydrogens (tertiary/aromatic N) is 1. The van der Waals surface area contributed by atoms with Crippen LogP contribution in [0.5, 0.6) is 0 Å². The highest BCUT2D eigenvalue weighted by molar-refractivity contribution is 7.09. The van der Waals surface area contributed by atoms with Crippen molar-refractivity contribution in [2.24, 2.45) is 0 Å². The summed E-state index contributed by atoms with van der Waals surface area (Å²) in [6, 6.07) is 0. The van der Waals surface area contributed by atoms with Gasteiger partial charge in [0.05, 0.1) is 13.7 Å². The molecule has 0 saturated heterocycles. The fraction of sp³-hybridized carbons (Fsp3) is 0.526. The molecule has 0 aromatic carbocycles. The van der Waals surface area contributed by atoms with Crippen molar-refractivity contribution in [3.63, 3.8) is 0 Å². The van der Waals surface area contributed by atoms with Crippen LogP contribution in [0.1, 0.15) is 55.5 Å². The molecule has 0 atom stereocenters. The molecule has 1 aliphatic rings. The monoisotopic (exact) mass is 393 g/mol. The Morgan fingerprint density at radius 1 is 1.26 bits per heavy atom. The number of nitrogens with one attached hydrogen (secondary N) is 2. The van der Waals surface area contributed by atoms with E-state index in [9.17, 15) is 9.59 Å². The van der Waals surface area contributed by atoms with Gasteiger partial charge in [0.1, 0.15) is 22.1 Å². The first-order chi connectivity index (χ1) is 12.8. The second-order valence-corrected chi connectivity index (χ2v) is 8.07. The first-order valence-electron chi connectivity index (χ1n) is 8.90. The maximum Gasteiger partial charge on any atom is 0.408 e. The molecule has 0 fully saturated rings. The van der Waals surface area contributed by atoms with Crippen LogP contribution in [0.25, 0.3) is 0 Å². The van der Waals surface area contributed by atoms with Crippen molar-refractivity contribution in [1.29, 1.82) is 0 Å². The first kappa shape index (κ1) is 21.0. The Bertz CT molecular complexity index is 732. The first-order valence-corrected chi connectivity index (χ1v) is 9.78. The highest BCUT2D eigenvalue weighted by Crippen LogP contribution is 2.19. The van der Waals surface area contributed by atoms with Gasteiger partial charge in [-0.05, 0) is 51.7 Å². The summed E-state index contributed by atoms with van der Waals surface area (Å²) in [4.78, 5) is 28.3. The summed E-state index contributed by atoms with van der Waals surface area (Å²) in [6.07, 6.45) is 6.45. The van der Waals surface area contributed by atoms with E-state index in [0.29, 0.717) is 17.2 Å². The van der Waals surface area contributed by atoms with Gasteiger partial charge in [-0.2, -0.15) is 0 Å². The van der Waals surface area contributed by atoms with Crippen LogP contribution >= 0.6 is 11.3 Å². The number of hydrogen-bond donors (Lipinski definition) is 2. The SMILES string of the molecule is COC1=C(CNC(=O)c2csc(CNC(=O)OC(C)(C)C)n2)CCCC=C1. The standard InChI is InChI=1S/C19H27N3O4S/c1-19(2,3)26-18(24)21-11-16-22-14(12-27-16)17(23)20-10-13-8-6-5-7-9-15(13)25-4/h7,9,12H,5-6,8,10-11H2,1-4H3,(H,20,23)(H,21,24). The smallest absolute Gasteiger partial charge is 0.408 e. The molecule has 2 rings (SSSR count). The van der Waals surface area contributed by atoms with Crippen LogP contribution in [0, 0.1) is 0 Å². The van der Waals surface area contributed by atoms with Gasteiger partial charge in [-0.25, -0.2) is 9.78 Å². The van der Waals surface area contributed by atoms with Crippen molar-refractivity contribution in [2.75, 3.05) is 13.7 Å². The van der Waals surface area contributed by atoms with Crippen molar-refractivity contribution in [3.8, 4) is 0 Å². The Kier molecular flexibility index (Phi) is 7.41. The normalized spacial score (nSPS) is 14.5. The molecule has 0 spiro atoms. The van der Waals surface area contributed by atoms with Gasteiger partial charge in [-0.15, -0.1) is 11.3 Å². The predicted octanol–water partition coefficient (Wildman–Crippen LogP) is 3.54. The maximum atomic E-state index is 12.3. The molecule has 2 N–H and O–H groups in total. The molecular weight excluding hydrogens is 366 g/mol. The number of carbonyl (C=O) groups is 2. The quantitative estimate of drug-likeness (QED) is 0.772. The maximum absolute atomic E-state index is 12.3. The van der Waals surface area contributed by atoms with E-state index in [1.807, 2.05) is 6.08 Å². The number of alkyl carbamates (subject to hydrolysis) is 1. The van der Waals surface area contributed by atoms with Gasteiger partial charge < -0.3 is 20.1 Å². The molecule has 7 nitrogen and oxygen atoms in total. The lowest BCUT2D eigenvalue weighted by Crippen LogP contribution is -2.32. The molecule has 0 unspecified atom stereocenters. The highest BCUT2D eigenvalue weighted by atomic mass is 32.1. The average Bonchev–Trinajstić information content (AvgIpc) is 2.95. The molecule has 1 aromatic rings. The fourth-order valence-corrected chi connectivity index (χ4v) is 3.20. The Hall–Kier alpha value is -2.35. The molecule has 8 heteroatoms. The van der Waals surface area contributed by atoms with E-state index in [1.54, 1.807) is 33.3 Å². The molecule has 1 aliphatic carbocycles. The topological polar surface area (TPSA) is 89.6 Å². The van der Waals surface area contributed by atoms with Gasteiger partial charge in [0.2, 0.25) is 0 Å². The largest absolute Gasteiger partial charge is 0.497 e. The van der Waals surface area contributed by atoms with Crippen LogP contribution in [-0.2, 0) is 16.0 Å². The summed E-state index contributed by atoms with van der Waals surface area (Å²) < 4.78 is 10.6. The molecule has 148 valence electrons. The number of methoxy groups -OCH3 is 1.